The average Bonchev–Trinajstić information content (AvgIpc) is 2.57. The van der Waals surface area contributed by atoms with Crippen LogP contribution in [0.4, 0.5) is 11.4 Å². The molecule has 0 aromatic heterocycles. The molecular weight excluding hydrogens is 352 g/mol. The Morgan fingerprint density at radius 2 is 1.77 bits per heavy atom. The number of carbonyl (C=O) groups excluding carboxylic acids is 1. The lowest BCUT2D eigenvalue weighted by atomic mass is 10.2. The zero-order chi connectivity index (χ0) is 19.2. The second kappa shape index (κ2) is 8.71. The smallest absolute Gasteiger partial charge is 0.232 e. The van der Waals surface area contributed by atoms with E-state index in [0.717, 1.165) is 11.8 Å². The maximum absolute atomic E-state index is 12.3. The molecule has 2 rings (SSSR count). The first-order valence-corrected chi connectivity index (χ1v) is 10.2. The Morgan fingerprint density at radius 1 is 1.12 bits per heavy atom. The summed E-state index contributed by atoms with van der Waals surface area (Å²) in [5.74, 6) is 0.305. The van der Waals surface area contributed by atoms with Crippen molar-refractivity contribution in [2.45, 2.75) is 20.3 Å². The highest BCUT2D eigenvalue weighted by molar-refractivity contribution is 7.92. The topological polar surface area (TPSA) is 75.7 Å². The van der Waals surface area contributed by atoms with Crippen molar-refractivity contribution < 1.29 is 17.9 Å². The van der Waals surface area contributed by atoms with Gasteiger partial charge in [0.05, 0.1) is 24.2 Å². The third-order valence-corrected chi connectivity index (χ3v) is 4.92. The third kappa shape index (κ3) is 5.49. The van der Waals surface area contributed by atoms with Crippen LogP contribution in [-0.2, 0) is 14.8 Å². The molecular formula is C19H24N2O4S. The van der Waals surface area contributed by atoms with Crippen LogP contribution in [-0.4, -0.2) is 33.7 Å². The van der Waals surface area contributed by atoms with Gasteiger partial charge in [-0.3, -0.25) is 9.10 Å². The SMILES string of the molecule is CCOc1ccccc1NC(=O)CCN(c1ccc(C)cc1)S(C)(=O)=O. The largest absolute Gasteiger partial charge is 0.492 e. The second-order valence-electron chi connectivity index (χ2n) is 5.90. The fourth-order valence-electron chi connectivity index (χ4n) is 2.46. The van der Waals surface area contributed by atoms with Gasteiger partial charge in [-0.15, -0.1) is 0 Å². The van der Waals surface area contributed by atoms with Crippen LogP contribution in [0, 0.1) is 6.92 Å². The van der Waals surface area contributed by atoms with Crippen LogP contribution in [0.3, 0.4) is 0 Å². The predicted octanol–water partition coefficient (Wildman–Crippen LogP) is 3.19. The van der Waals surface area contributed by atoms with Crippen molar-refractivity contribution in [2.24, 2.45) is 0 Å². The van der Waals surface area contributed by atoms with E-state index in [9.17, 15) is 13.2 Å². The van der Waals surface area contributed by atoms with Crippen LogP contribution in [0.15, 0.2) is 48.5 Å². The van der Waals surface area contributed by atoms with E-state index in [1.54, 1.807) is 30.3 Å². The zero-order valence-electron chi connectivity index (χ0n) is 15.2. The number of aryl methyl sites for hydroxylation is 1. The molecule has 0 atom stereocenters. The molecule has 1 amide bonds. The quantitative estimate of drug-likeness (QED) is 0.768. The molecule has 7 heteroatoms. The molecule has 0 fully saturated rings. The molecule has 140 valence electrons. The highest BCUT2D eigenvalue weighted by atomic mass is 32.2. The molecule has 0 aliphatic carbocycles. The summed E-state index contributed by atoms with van der Waals surface area (Å²) >= 11 is 0. The van der Waals surface area contributed by atoms with Crippen LogP contribution in [0.1, 0.15) is 18.9 Å². The molecule has 0 unspecified atom stereocenters. The second-order valence-corrected chi connectivity index (χ2v) is 7.80. The minimum absolute atomic E-state index is 0.0292. The zero-order valence-corrected chi connectivity index (χ0v) is 16.0. The van der Waals surface area contributed by atoms with Crippen molar-refractivity contribution in [1.82, 2.24) is 0 Å². The lowest BCUT2D eigenvalue weighted by molar-refractivity contribution is -0.116. The molecule has 2 aromatic carbocycles. The molecule has 6 nitrogen and oxygen atoms in total. The number of rotatable bonds is 8. The Morgan fingerprint density at radius 3 is 2.38 bits per heavy atom. The van der Waals surface area contributed by atoms with Crippen LogP contribution in [0.2, 0.25) is 0 Å². The maximum atomic E-state index is 12.3. The lowest BCUT2D eigenvalue weighted by Crippen LogP contribution is -2.33. The molecule has 0 saturated carbocycles. The molecule has 0 aliphatic rings. The number of amides is 1. The first kappa shape index (κ1) is 19.8. The Hall–Kier alpha value is -2.54. The van der Waals surface area contributed by atoms with E-state index in [1.165, 1.54) is 4.31 Å². The molecule has 26 heavy (non-hydrogen) atoms. The van der Waals surface area contributed by atoms with E-state index in [0.29, 0.717) is 23.7 Å². The van der Waals surface area contributed by atoms with Gasteiger partial charge >= 0.3 is 0 Å². The summed E-state index contributed by atoms with van der Waals surface area (Å²) in [6, 6.07) is 14.3. The molecule has 0 bridgehead atoms. The Labute approximate surface area is 154 Å². The van der Waals surface area contributed by atoms with Gasteiger partial charge in [0.25, 0.3) is 0 Å². The van der Waals surface area contributed by atoms with Crippen LogP contribution in [0.25, 0.3) is 0 Å². The number of nitrogens with zero attached hydrogens (tertiary/aromatic N) is 1. The Balaban J connectivity index is 2.07. The third-order valence-electron chi connectivity index (χ3n) is 3.73. The van der Waals surface area contributed by atoms with Crippen molar-refractivity contribution in [3.8, 4) is 5.75 Å². The maximum Gasteiger partial charge on any atom is 0.232 e. The molecule has 0 radical (unpaired) electrons. The normalized spacial score (nSPS) is 11.0. The van der Waals surface area contributed by atoms with Crippen molar-refractivity contribution in [3.05, 3.63) is 54.1 Å². The standard InChI is InChI=1S/C19H24N2O4S/c1-4-25-18-8-6-5-7-17(18)20-19(22)13-14-21(26(3,23)24)16-11-9-15(2)10-12-16/h5-12H,4,13-14H2,1-3H3,(H,20,22). The summed E-state index contributed by atoms with van der Waals surface area (Å²) < 4.78 is 30.9. The van der Waals surface area contributed by atoms with Crippen molar-refractivity contribution in [3.63, 3.8) is 0 Å². The monoisotopic (exact) mass is 376 g/mol. The summed E-state index contributed by atoms with van der Waals surface area (Å²) in [6.45, 7) is 4.34. The first-order chi connectivity index (χ1) is 12.3. The van der Waals surface area contributed by atoms with Gasteiger partial charge < -0.3 is 10.1 Å². The van der Waals surface area contributed by atoms with Crippen molar-refractivity contribution in [1.29, 1.82) is 0 Å². The minimum Gasteiger partial charge on any atom is -0.492 e. The van der Waals surface area contributed by atoms with Gasteiger partial charge in [-0.2, -0.15) is 0 Å². The van der Waals surface area contributed by atoms with Crippen molar-refractivity contribution >= 4 is 27.3 Å². The Kier molecular flexibility index (Phi) is 6.63. The number of carbonyl (C=O) groups is 1. The molecule has 0 aliphatic heterocycles. The number of benzene rings is 2. The predicted molar refractivity (Wildman–Crippen MR) is 104 cm³/mol. The number of nitrogens with one attached hydrogen (secondary N) is 1. The van der Waals surface area contributed by atoms with Gasteiger partial charge in [0, 0.05) is 13.0 Å². The highest BCUT2D eigenvalue weighted by Gasteiger charge is 2.19. The van der Waals surface area contributed by atoms with Gasteiger partial charge in [-0.05, 0) is 38.1 Å². The number of ether oxygens (including phenoxy) is 1. The lowest BCUT2D eigenvalue weighted by Gasteiger charge is -2.22. The summed E-state index contributed by atoms with van der Waals surface area (Å²) in [5.41, 5.74) is 2.15. The van der Waals surface area contributed by atoms with Gasteiger partial charge in [-0.25, -0.2) is 8.42 Å². The van der Waals surface area contributed by atoms with Gasteiger partial charge in [0.2, 0.25) is 15.9 Å². The summed E-state index contributed by atoms with van der Waals surface area (Å²) in [6.07, 6.45) is 1.16. The van der Waals surface area contributed by atoms with E-state index in [2.05, 4.69) is 5.32 Å². The van der Waals surface area contributed by atoms with Gasteiger partial charge in [0.1, 0.15) is 5.75 Å². The summed E-state index contributed by atoms with van der Waals surface area (Å²) in [5, 5.41) is 2.78. The summed E-state index contributed by atoms with van der Waals surface area (Å²) in [4.78, 5) is 12.3. The molecule has 0 saturated heterocycles. The number of hydrogen-bond donors (Lipinski definition) is 1. The fourth-order valence-corrected chi connectivity index (χ4v) is 3.39. The molecule has 0 heterocycles. The average molecular weight is 376 g/mol. The highest BCUT2D eigenvalue weighted by Crippen LogP contribution is 2.24. The first-order valence-electron chi connectivity index (χ1n) is 8.37. The van der Waals surface area contributed by atoms with E-state index < -0.39 is 10.0 Å². The van der Waals surface area contributed by atoms with Crippen LogP contribution in [0.5, 0.6) is 5.75 Å². The Bertz CT molecular complexity index is 848. The minimum atomic E-state index is -3.49. The summed E-state index contributed by atoms with van der Waals surface area (Å²) in [7, 11) is -3.49. The number of sulfonamides is 1. The van der Waals surface area contributed by atoms with E-state index in [-0.39, 0.29) is 18.9 Å². The fraction of sp³-hybridized carbons (Fsp3) is 0.316. The van der Waals surface area contributed by atoms with Gasteiger partial charge in [-0.1, -0.05) is 29.8 Å². The molecule has 1 N–H and O–H groups in total. The van der Waals surface area contributed by atoms with Crippen molar-refractivity contribution in [2.75, 3.05) is 29.0 Å². The number of para-hydroxylation sites is 2. The molecule has 2 aromatic rings. The van der Waals surface area contributed by atoms with Crippen LogP contribution < -0.4 is 14.4 Å². The van der Waals surface area contributed by atoms with E-state index >= 15 is 0 Å². The van der Waals surface area contributed by atoms with E-state index in [4.69, 9.17) is 4.74 Å². The van der Waals surface area contributed by atoms with Crippen LogP contribution >= 0.6 is 0 Å². The van der Waals surface area contributed by atoms with E-state index in [1.807, 2.05) is 32.0 Å². The number of anilines is 2. The van der Waals surface area contributed by atoms with Gasteiger partial charge in [0.15, 0.2) is 0 Å². The number of hydrogen-bond acceptors (Lipinski definition) is 4. The molecule has 0 spiro atoms.